The molecule has 1 aromatic heterocycles. The van der Waals surface area contributed by atoms with Gasteiger partial charge in [-0.05, 0) is 44.9 Å². The van der Waals surface area contributed by atoms with Crippen LogP contribution in [0.1, 0.15) is 44.0 Å². The molecule has 0 fully saturated rings. The minimum atomic E-state index is 0.255. The highest BCUT2D eigenvalue weighted by Gasteiger charge is 2.14. The van der Waals surface area contributed by atoms with Crippen molar-refractivity contribution in [1.29, 1.82) is 0 Å². The van der Waals surface area contributed by atoms with Crippen LogP contribution in [-0.2, 0) is 4.74 Å². The van der Waals surface area contributed by atoms with Crippen molar-refractivity contribution < 1.29 is 4.74 Å². The SMILES string of the molecule is CCCNC(CC(C)OC)c1ccc(C)nc1. The van der Waals surface area contributed by atoms with Gasteiger partial charge >= 0.3 is 0 Å². The Morgan fingerprint density at radius 2 is 2.18 bits per heavy atom. The number of nitrogens with zero attached hydrogens (tertiary/aromatic N) is 1. The summed E-state index contributed by atoms with van der Waals surface area (Å²) in [7, 11) is 1.76. The standard InChI is InChI=1S/C14H24N2O/c1-5-8-15-14(9-12(3)17-4)13-7-6-11(2)16-10-13/h6-7,10,12,14-15H,5,8-9H2,1-4H3. The Hall–Kier alpha value is -0.930. The molecule has 17 heavy (non-hydrogen) atoms. The van der Waals surface area contributed by atoms with Gasteiger partial charge in [-0.2, -0.15) is 0 Å². The Morgan fingerprint density at radius 3 is 2.71 bits per heavy atom. The second-order valence-corrected chi connectivity index (χ2v) is 4.52. The maximum Gasteiger partial charge on any atom is 0.0561 e. The van der Waals surface area contributed by atoms with Crippen LogP contribution in [0.4, 0.5) is 0 Å². The molecule has 0 bridgehead atoms. The first kappa shape index (κ1) is 14.1. The molecular weight excluding hydrogens is 212 g/mol. The molecule has 0 aliphatic carbocycles. The summed E-state index contributed by atoms with van der Waals surface area (Å²) >= 11 is 0. The second kappa shape index (κ2) is 7.41. The molecule has 1 heterocycles. The lowest BCUT2D eigenvalue weighted by Gasteiger charge is -2.21. The zero-order chi connectivity index (χ0) is 12.7. The molecule has 1 rings (SSSR count). The number of aryl methyl sites for hydroxylation is 1. The average Bonchev–Trinajstić information content (AvgIpc) is 2.35. The summed E-state index contributed by atoms with van der Waals surface area (Å²) in [5.41, 5.74) is 2.30. The largest absolute Gasteiger partial charge is 0.382 e. The molecular formula is C14H24N2O. The Bertz CT molecular complexity index is 311. The Labute approximate surface area is 105 Å². The number of rotatable bonds is 7. The van der Waals surface area contributed by atoms with E-state index in [2.05, 4.69) is 36.3 Å². The fourth-order valence-corrected chi connectivity index (χ4v) is 1.77. The molecule has 3 nitrogen and oxygen atoms in total. The van der Waals surface area contributed by atoms with Crippen LogP contribution in [0.15, 0.2) is 18.3 Å². The van der Waals surface area contributed by atoms with E-state index in [0.29, 0.717) is 6.04 Å². The zero-order valence-electron chi connectivity index (χ0n) is 11.4. The first-order chi connectivity index (χ1) is 8.17. The first-order valence-corrected chi connectivity index (χ1v) is 6.36. The minimum absolute atomic E-state index is 0.255. The maximum absolute atomic E-state index is 5.35. The van der Waals surface area contributed by atoms with Crippen LogP contribution in [0.3, 0.4) is 0 Å². The number of hydrogen-bond acceptors (Lipinski definition) is 3. The topological polar surface area (TPSA) is 34.1 Å². The molecule has 96 valence electrons. The normalized spacial score (nSPS) is 14.6. The molecule has 0 saturated carbocycles. The van der Waals surface area contributed by atoms with Crippen LogP contribution < -0.4 is 5.32 Å². The van der Waals surface area contributed by atoms with E-state index in [9.17, 15) is 0 Å². The quantitative estimate of drug-likeness (QED) is 0.790. The van der Waals surface area contributed by atoms with Gasteiger partial charge < -0.3 is 10.1 Å². The van der Waals surface area contributed by atoms with Gasteiger partial charge in [0.25, 0.3) is 0 Å². The summed E-state index contributed by atoms with van der Waals surface area (Å²) in [6.45, 7) is 7.31. The molecule has 3 heteroatoms. The highest BCUT2D eigenvalue weighted by molar-refractivity contribution is 5.17. The summed E-state index contributed by atoms with van der Waals surface area (Å²) in [5.74, 6) is 0. The van der Waals surface area contributed by atoms with Crippen molar-refractivity contribution in [1.82, 2.24) is 10.3 Å². The molecule has 0 aliphatic rings. The molecule has 0 aliphatic heterocycles. The van der Waals surface area contributed by atoms with Crippen molar-refractivity contribution in [3.05, 3.63) is 29.6 Å². The smallest absolute Gasteiger partial charge is 0.0561 e. The summed E-state index contributed by atoms with van der Waals surface area (Å²) < 4.78 is 5.35. The van der Waals surface area contributed by atoms with Crippen LogP contribution >= 0.6 is 0 Å². The molecule has 1 aromatic rings. The monoisotopic (exact) mass is 236 g/mol. The van der Waals surface area contributed by atoms with Crippen LogP contribution in [0.2, 0.25) is 0 Å². The van der Waals surface area contributed by atoms with Gasteiger partial charge in [0.05, 0.1) is 6.10 Å². The average molecular weight is 236 g/mol. The van der Waals surface area contributed by atoms with Gasteiger partial charge in [-0.15, -0.1) is 0 Å². The van der Waals surface area contributed by atoms with Gasteiger partial charge in [0, 0.05) is 25.0 Å². The van der Waals surface area contributed by atoms with Gasteiger partial charge in [0.1, 0.15) is 0 Å². The van der Waals surface area contributed by atoms with Crippen LogP contribution in [0.5, 0.6) is 0 Å². The maximum atomic E-state index is 5.35. The molecule has 2 atom stereocenters. The van der Waals surface area contributed by atoms with Gasteiger partial charge in [0.2, 0.25) is 0 Å². The van der Waals surface area contributed by atoms with E-state index in [1.165, 1.54) is 5.56 Å². The third-order valence-electron chi connectivity index (χ3n) is 2.95. The third-order valence-corrected chi connectivity index (χ3v) is 2.95. The highest BCUT2D eigenvalue weighted by atomic mass is 16.5. The summed E-state index contributed by atoms with van der Waals surface area (Å²) in [4.78, 5) is 4.36. The van der Waals surface area contributed by atoms with Gasteiger partial charge in [-0.3, -0.25) is 4.98 Å². The van der Waals surface area contributed by atoms with E-state index in [4.69, 9.17) is 4.74 Å². The zero-order valence-corrected chi connectivity index (χ0v) is 11.4. The minimum Gasteiger partial charge on any atom is -0.382 e. The van der Waals surface area contributed by atoms with Crippen molar-refractivity contribution in [3.63, 3.8) is 0 Å². The van der Waals surface area contributed by atoms with Crippen LogP contribution in [-0.4, -0.2) is 24.7 Å². The molecule has 1 N–H and O–H groups in total. The Morgan fingerprint density at radius 1 is 1.41 bits per heavy atom. The van der Waals surface area contributed by atoms with E-state index >= 15 is 0 Å². The van der Waals surface area contributed by atoms with E-state index in [-0.39, 0.29) is 6.10 Å². The number of hydrogen-bond donors (Lipinski definition) is 1. The van der Waals surface area contributed by atoms with Crippen molar-refractivity contribution >= 4 is 0 Å². The van der Waals surface area contributed by atoms with Crippen molar-refractivity contribution in [3.8, 4) is 0 Å². The molecule has 0 radical (unpaired) electrons. The molecule has 0 saturated heterocycles. The van der Waals surface area contributed by atoms with Crippen LogP contribution in [0.25, 0.3) is 0 Å². The number of pyridine rings is 1. The Balaban J connectivity index is 2.70. The number of ether oxygens (including phenoxy) is 1. The molecule has 0 aromatic carbocycles. The fraction of sp³-hybridized carbons (Fsp3) is 0.643. The summed E-state index contributed by atoms with van der Waals surface area (Å²) in [6, 6.07) is 4.55. The number of methoxy groups -OCH3 is 1. The second-order valence-electron chi connectivity index (χ2n) is 4.52. The van der Waals surface area contributed by atoms with E-state index < -0.39 is 0 Å². The van der Waals surface area contributed by atoms with Gasteiger partial charge in [-0.1, -0.05) is 13.0 Å². The van der Waals surface area contributed by atoms with Gasteiger partial charge in [-0.25, -0.2) is 0 Å². The fourth-order valence-electron chi connectivity index (χ4n) is 1.77. The van der Waals surface area contributed by atoms with E-state index in [1.54, 1.807) is 7.11 Å². The molecule has 0 spiro atoms. The summed E-state index contributed by atoms with van der Waals surface area (Å²) in [5, 5.41) is 3.55. The van der Waals surface area contributed by atoms with Crippen molar-refractivity contribution in [2.45, 2.75) is 45.8 Å². The lowest BCUT2D eigenvalue weighted by molar-refractivity contribution is 0.100. The Kier molecular flexibility index (Phi) is 6.16. The lowest BCUT2D eigenvalue weighted by atomic mass is 10.0. The first-order valence-electron chi connectivity index (χ1n) is 6.36. The van der Waals surface area contributed by atoms with E-state index in [0.717, 1.165) is 25.1 Å². The summed E-state index contributed by atoms with van der Waals surface area (Å²) in [6.07, 6.45) is 4.33. The predicted octanol–water partition coefficient (Wildman–Crippen LogP) is 2.86. The lowest BCUT2D eigenvalue weighted by Crippen LogP contribution is -2.26. The molecule has 2 unspecified atom stereocenters. The van der Waals surface area contributed by atoms with Gasteiger partial charge in [0.15, 0.2) is 0 Å². The van der Waals surface area contributed by atoms with Crippen molar-refractivity contribution in [2.75, 3.05) is 13.7 Å². The number of aromatic nitrogens is 1. The number of nitrogens with one attached hydrogen (secondary N) is 1. The highest BCUT2D eigenvalue weighted by Crippen LogP contribution is 2.19. The van der Waals surface area contributed by atoms with Crippen LogP contribution in [0, 0.1) is 6.92 Å². The predicted molar refractivity (Wildman–Crippen MR) is 71.1 cm³/mol. The van der Waals surface area contributed by atoms with Crippen molar-refractivity contribution in [2.24, 2.45) is 0 Å². The van der Waals surface area contributed by atoms with E-state index in [1.807, 2.05) is 13.1 Å². The molecule has 0 amide bonds. The third kappa shape index (κ3) is 4.84.